The van der Waals surface area contributed by atoms with Crippen LogP contribution in [0.25, 0.3) is 16.5 Å². The van der Waals surface area contributed by atoms with E-state index in [2.05, 4.69) is 39.5 Å². The Morgan fingerprint density at radius 1 is 0.983 bits per heavy atom. The van der Waals surface area contributed by atoms with Crippen molar-refractivity contribution in [2.75, 3.05) is 34.3 Å². The van der Waals surface area contributed by atoms with E-state index in [1.54, 1.807) is 55.8 Å². The van der Waals surface area contributed by atoms with E-state index in [0.29, 0.717) is 32.4 Å². The zero-order chi connectivity index (χ0) is 43.0. The summed E-state index contributed by atoms with van der Waals surface area (Å²) in [5, 5.41) is 55.6. The third kappa shape index (κ3) is 12.4. The average Bonchev–Trinajstić information content (AvgIpc) is 3.68. The van der Waals surface area contributed by atoms with Gasteiger partial charge in [-0.25, -0.2) is 4.68 Å². The number of aromatic nitrogens is 3. The lowest BCUT2D eigenvalue weighted by Crippen LogP contribution is -2.63. The second kappa shape index (κ2) is 22.3. The smallest absolute Gasteiger partial charge is 0.308 e. The van der Waals surface area contributed by atoms with Gasteiger partial charge in [0.1, 0.15) is 12.2 Å². The predicted molar refractivity (Wildman–Crippen MR) is 231 cm³/mol. The largest absolute Gasteiger partial charge is 0.462 e. The molecule has 2 aromatic carbocycles. The van der Waals surface area contributed by atoms with Crippen LogP contribution in [0.1, 0.15) is 73.4 Å². The highest BCUT2D eigenvalue weighted by molar-refractivity contribution is 5.91. The SMILES string of the molecule is C.CC[C@H]1OC(=O)C[C@@H](O)[C@H](C)[C@@H](O[C@@H]2O[C@H](C)[C@@H](O)C(N(C)C)C2O)[C@@H](CCN(C)Cc2cn(-c3ccc4ccccc4c3)nn2)C[C@@H](C)C(=O)/C=C/C(C)=C/[C@@H]1CO. The number of benzene rings is 2. The molecule has 0 bridgehead atoms. The highest BCUT2D eigenvalue weighted by Crippen LogP contribution is 2.35. The van der Waals surface area contributed by atoms with E-state index in [1.165, 1.54) is 0 Å². The van der Waals surface area contributed by atoms with Crippen molar-refractivity contribution in [1.82, 2.24) is 24.8 Å². The normalized spacial score (nSPS) is 32.7. The van der Waals surface area contributed by atoms with Gasteiger partial charge in [0.2, 0.25) is 0 Å². The van der Waals surface area contributed by atoms with Crippen molar-refractivity contribution in [3.05, 3.63) is 78.2 Å². The van der Waals surface area contributed by atoms with E-state index < -0.39 is 72.7 Å². The molecule has 0 spiro atoms. The van der Waals surface area contributed by atoms with E-state index in [-0.39, 0.29) is 32.2 Å². The first-order valence-electron chi connectivity index (χ1n) is 20.9. The average molecular weight is 836 g/mol. The molecule has 14 nitrogen and oxygen atoms in total. The molecule has 332 valence electrons. The first-order valence-corrected chi connectivity index (χ1v) is 20.9. The zero-order valence-corrected chi connectivity index (χ0v) is 35.8. The molecule has 5 rings (SSSR count). The Bertz CT molecular complexity index is 1900. The van der Waals surface area contributed by atoms with Crippen molar-refractivity contribution in [3.63, 3.8) is 0 Å². The van der Waals surface area contributed by atoms with Gasteiger partial charge in [-0.1, -0.05) is 81.5 Å². The van der Waals surface area contributed by atoms with Gasteiger partial charge in [0.15, 0.2) is 12.1 Å². The molecule has 2 aliphatic rings. The maximum atomic E-state index is 13.7. The van der Waals surface area contributed by atoms with Crippen molar-refractivity contribution in [3.8, 4) is 5.69 Å². The zero-order valence-electron chi connectivity index (χ0n) is 35.8. The van der Waals surface area contributed by atoms with Crippen molar-refractivity contribution >= 4 is 22.5 Å². The van der Waals surface area contributed by atoms with Gasteiger partial charge in [-0.3, -0.25) is 9.59 Å². The minimum atomic E-state index is -1.25. The van der Waals surface area contributed by atoms with E-state index in [9.17, 15) is 30.0 Å². The number of rotatable bonds is 11. The molecule has 60 heavy (non-hydrogen) atoms. The van der Waals surface area contributed by atoms with Gasteiger partial charge in [0.05, 0.1) is 61.1 Å². The maximum absolute atomic E-state index is 13.7. The van der Waals surface area contributed by atoms with Crippen LogP contribution in [-0.4, -0.2) is 140 Å². The molecule has 14 heteroatoms. The van der Waals surface area contributed by atoms with Gasteiger partial charge < -0.3 is 44.4 Å². The van der Waals surface area contributed by atoms with Crippen LogP contribution in [0.15, 0.2) is 72.5 Å². The third-order valence-electron chi connectivity index (χ3n) is 12.0. The Labute approximate surface area is 355 Å². The number of hydrogen-bond acceptors (Lipinski definition) is 13. The number of likely N-dealkylation sites (N-methyl/N-ethyl adjacent to an activating group) is 1. The summed E-state index contributed by atoms with van der Waals surface area (Å²) < 4.78 is 20.5. The highest BCUT2D eigenvalue weighted by atomic mass is 16.7. The number of carbonyl (C=O) groups is 2. The van der Waals surface area contributed by atoms with Crippen LogP contribution in [-0.2, 0) is 30.3 Å². The molecule has 3 heterocycles. The van der Waals surface area contributed by atoms with Crippen LogP contribution in [0.2, 0.25) is 0 Å². The molecule has 0 saturated carbocycles. The molecule has 1 aromatic heterocycles. The van der Waals surface area contributed by atoms with Gasteiger partial charge in [-0.15, -0.1) is 5.10 Å². The Kier molecular flexibility index (Phi) is 18.1. The lowest BCUT2D eigenvalue weighted by Gasteiger charge is -2.46. The monoisotopic (exact) mass is 836 g/mol. The first-order chi connectivity index (χ1) is 28.1. The lowest BCUT2D eigenvalue weighted by molar-refractivity contribution is -0.304. The van der Waals surface area contributed by atoms with Gasteiger partial charge >= 0.3 is 5.97 Å². The number of aliphatic hydroxyl groups excluding tert-OH is 4. The summed E-state index contributed by atoms with van der Waals surface area (Å²) in [6.07, 6.45) is 1.13. The Balaban J connectivity index is 0.00000794. The second-order valence-electron chi connectivity index (χ2n) is 16.9. The topological polar surface area (TPSA) is 180 Å². The number of esters is 1. The number of carbonyl (C=O) groups excluding carboxylic acids is 2. The number of aliphatic hydroxyl groups is 4. The van der Waals surface area contributed by atoms with E-state index in [1.807, 2.05) is 52.2 Å². The Morgan fingerprint density at radius 3 is 2.38 bits per heavy atom. The van der Waals surface area contributed by atoms with Crippen LogP contribution in [0, 0.1) is 23.7 Å². The predicted octanol–water partition coefficient (Wildman–Crippen LogP) is 4.71. The number of cyclic esters (lactones) is 1. The van der Waals surface area contributed by atoms with E-state index in [0.717, 1.165) is 27.7 Å². The standard InChI is InChI=1S/C45H65N5O9.CH4/c1-9-39-34(26-51)20-27(2)14-17-37(52)28(3)21-33(18-19-49(8)24-35-25-50(47-46-35)36-16-15-31-12-10-11-13-32(31)22-36)44(29(4)38(53)23-40(54)58-39)59-45-43(56)41(48(6)7)42(55)30(5)57-45;/h10-17,20,22,25,28-30,33-34,38-39,41-45,51,53,55-56H,9,18-19,21,23-24,26H2,1-8H3;1H4/b17-14+,27-20+;/t28-,29+,30-,33+,34-,38-,39-,41?,42-,43?,44-,45+;/m1./s1. The molecule has 1 saturated heterocycles. The number of fused-ring (bicyclic) bond motifs is 1. The van der Waals surface area contributed by atoms with Crippen LogP contribution in [0.5, 0.6) is 0 Å². The summed E-state index contributed by atoms with van der Waals surface area (Å²) in [5.41, 5.74) is 2.41. The number of nitrogens with zero attached hydrogens (tertiary/aromatic N) is 5. The van der Waals surface area contributed by atoms with Gasteiger partial charge in [0.25, 0.3) is 0 Å². The fraction of sp³-hybridized carbons (Fsp3) is 0.609. The van der Waals surface area contributed by atoms with Crippen molar-refractivity contribution in [2.45, 2.75) is 123 Å². The molecule has 0 amide bonds. The lowest BCUT2D eigenvalue weighted by atomic mass is 9.79. The van der Waals surface area contributed by atoms with Crippen molar-refractivity contribution < 1.29 is 44.2 Å². The molecular formula is C46H69N5O9. The molecule has 3 aromatic rings. The molecular weight excluding hydrogens is 767 g/mol. The second-order valence-corrected chi connectivity index (χ2v) is 16.9. The molecule has 2 unspecified atom stereocenters. The van der Waals surface area contributed by atoms with Crippen LogP contribution in [0.3, 0.4) is 0 Å². The maximum Gasteiger partial charge on any atom is 0.308 e. The summed E-state index contributed by atoms with van der Waals surface area (Å²) in [7, 11) is 5.50. The van der Waals surface area contributed by atoms with E-state index >= 15 is 0 Å². The summed E-state index contributed by atoms with van der Waals surface area (Å²) in [4.78, 5) is 31.0. The number of ketones is 1. The minimum absolute atomic E-state index is 0. The number of ether oxygens (including phenoxy) is 3. The summed E-state index contributed by atoms with van der Waals surface area (Å²) >= 11 is 0. The molecule has 0 aliphatic carbocycles. The summed E-state index contributed by atoms with van der Waals surface area (Å²) in [5.74, 6) is -2.75. The third-order valence-corrected chi connectivity index (χ3v) is 12.0. The fourth-order valence-corrected chi connectivity index (χ4v) is 8.42. The quantitative estimate of drug-likeness (QED) is 0.196. The van der Waals surface area contributed by atoms with Gasteiger partial charge in [0, 0.05) is 24.3 Å². The van der Waals surface area contributed by atoms with E-state index in [4.69, 9.17) is 14.2 Å². The molecule has 1 fully saturated rings. The highest BCUT2D eigenvalue weighted by Gasteiger charge is 2.47. The van der Waals surface area contributed by atoms with Crippen LogP contribution in [0.4, 0.5) is 0 Å². The van der Waals surface area contributed by atoms with Crippen LogP contribution >= 0.6 is 0 Å². The molecule has 0 radical (unpaired) electrons. The van der Waals surface area contributed by atoms with Gasteiger partial charge in [-0.05, 0) is 95.7 Å². The Morgan fingerprint density at radius 2 is 1.70 bits per heavy atom. The summed E-state index contributed by atoms with van der Waals surface area (Å²) in [6, 6.07) is 13.6. The molecule has 12 atom stereocenters. The van der Waals surface area contributed by atoms with Crippen molar-refractivity contribution in [1.29, 1.82) is 0 Å². The first kappa shape index (κ1) is 48.8. The number of hydrogen-bond donors (Lipinski definition) is 4. The van der Waals surface area contributed by atoms with Gasteiger partial charge in [-0.2, -0.15) is 0 Å². The Hall–Kier alpha value is -3.86. The molecule has 4 N–H and O–H groups in total. The molecule has 2 aliphatic heterocycles. The number of allylic oxidation sites excluding steroid dienone is 3. The minimum Gasteiger partial charge on any atom is -0.462 e. The summed E-state index contributed by atoms with van der Waals surface area (Å²) in [6.45, 7) is 9.82. The van der Waals surface area contributed by atoms with Crippen molar-refractivity contribution in [2.24, 2.45) is 23.7 Å². The fourth-order valence-electron chi connectivity index (χ4n) is 8.42. The van der Waals surface area contributed by atoms with Crippen LogP contribution < -0.4 is 0 Å².